The molecular weight excluding hydrogens is 442 g/mol. The summed E-state index contributed by atoms with van der Waals surface area (Å²) in [6, 6.07) is 12.3. The van der Waals surface area contributed by atoms with Gasteiger partial charge < -0.3 is 14.5 Å². The molecule has 6 nitrogen and oxygen atoms in total. The van der Waals surface area contributed by atoms with Gasteiger partial charge in [-0.15, -0.1) is 0 Å². The zero-order valence-corrected chi connectivity index (χ0v) is 18.1. The fourth-order valence-electron chi connectivity index (χ4n) is 3.49. The van der Waals surface area contributed by atoms with Crippen LogP contribution in [0.3, 0.4) is 0 Å². The Labute approximate surface area is 189 Å². The highest BCUT2D eigenvalue weighted by atomic mass is 35.5. The highest BCUT2D eigenvalue weighted by molar-refractivity contribution is 6.36. The molecule has 1 aromatic heterocycles. The molecule has 1 saturated heterocycles. The first kappa shape index (κ1) is 21.3. The fraction of sp³-hybridized carbons (Fsp3) is 0.227. The summed E-state index contributed by atoms with van der Waals surface area (Å²) < 4.78 is 19.0. The van der Waals surface area contributed by atoms with E-state index in [1.807, 2.05) is 6.92 Å². The van der Waals surface area contributed by atoms with E-state index in [1.165, 1.54) is 18.5 Å². The largest absolute Gasteiger partial charge is 0.439 e. The second kappa shape index (κ2) is 9.08. The molecule has 0 N–H and O–H groups in total. The van der Waals surface area contributed by atoms with Crippen LogP contribution in [-0.2, 0) is 0 Å². The Morgan fingerprint density at radius 2 is 1.97 bits per heavy atom. The molecule has 1 amide bonds. The maximum absolute atomic E-state index is 13.4. The molecule has 0 radical (unpaired) electrons. The third-order valence-electron chi connectivity index (χ3n) is 5.02. The monoisotopic (exact) mass is 460 g/mol. The summed E-state index contributed by atoms with van der Waals surface area (Å²) in [5, 5.41) is 0.821. The minimum atomic E-state index is -0.387. The van der Waals surface area contributed by atoms with Gasteiger partial charge in [-0.2, -0.15) is 0 Å². The van der Waals surface area contributed by atoms with Crippen LogP contribution in [-0.4, -0.2) is 46.5 Å². The van der Waals surface area contributed by atoms with Gasteiger partial charge in [-0.05, 0) is 37.3 Å². The lowest BCUT2D eigenvalue weighted by atomic mass is 10.1. The predicted molar refractivity (Wildman–Crippen MR) is 118 cm³/mol. The zero-order valence-electron chi connectivity index (χ0n) is 16.6. The molecule has 160 valence electrons. The normalized spacial score (nSPS) is 16.3. The Bertz CT molecular complexity index is 1110. The van der Waals surface area contributed by atoms with Gasteiger partial charge in [-0.25, -0.2) is 14.4 Å². The van der Waals surface area contributed by atoms with Crippen molar-refractivity contribution in [2.75, 3.05) is 24.5 Å². The molecule has 2 heterocycles. The number of rotatable bonds is 4. The van der Waals surface area contributed by atoms with E-state index in [2.05, 4.69) is 14.9 Å². The molecule has 0 saturated carbocycles. The second-order valence-corrected chi connectivity index (χ2v) is 8.04. The molecule has 1 unspecified atom stereocenters. The topological polar surface area (TPSA) is 58.6 Å². The number of aromatic nitrogens is 2. The third kappa shape index (κ3) is 4.89. The molecule has 0 spiro atoms. The number of anilines is 1. The van der Waals surface area contributed by atoms with Crippen molar-refractivity contribution in [3.8, 4) is 11.6 Å². The van der Waals surface area contributed by atoms with E-state index in [0.717, 1.165) is 0 Å². The first-order valence-corrected chi connectivity index (χ1v) is 10.4. The highest BCUT2D eigenvalue weighted by Gasteiger charge is 2.30. The number of ether oxygens (including phenoxy) is 1. The van der Waals surface area contributed by atoms with Gasteiger partial charge in [0.15, 0.2) is 0 Å². The van der Waals surface area contributed by atoms with Gasteiger partial charge in [-0.1, -0.05) is 29.3 Å². The first-order valence-electron chi connectivity index (χ1n) is 9.67. The number of benzene rings is 2. The Morgan fingerprint density at radius 3 is 2.71 bits per heavy atom. The van der Waals surface area contributed by atoms with Crippen LogP contribution in [0.25, 0.3) is 0 Å². The molecule has 4 rings (SSSR count). The van der Waals surface area contributed by atoms with Gasteiger partial charge in [0.25, 0.3) is 5.91 Å². The summed E-state index contributed by atoms with van der Waals surface area (Å²) in [4.78, 5) is 25.3. The summed E-state index contributed by atoms with van der Waals surface area (Å²) in [5.41, 5.74) is 0.430. The minimum Gasteiger partial charge on any atom is -0.439 e. The van der Waals surface area contributed by atoms with Crippen LogP contribution >= 0.6 is 23.2 Å². The van der Waals surface area contributed by atoms with Crippen molar-refractivity contribution in [3.05, 3.63) is 76.3 Å². The Balaban J connectivity index is 1.45. The molecular formula is C22H19Cl2FN4O2. The number of amides is 1. The first-order chi connectivity index (χ1) is 14.9. The van der Waals surface area contributed by atoms with Crippen molar-refractivity contribution in [2.45, 2.75) is 13.0 Å². The summed E-state index contributed by atoms with van der Waals surface area (Å²) in [6.07, 6.45) is 1.40. The summed E-state index contributed by atoms with van der Waals surface area (Å²) in [7, 11) is 0. The van der Waals surface area contributed by atoms with Crippen LogP contribution in [0.2, 0.25) is 10.0 Å². The molecule has 3 aromatic rings. The highest BCUT2D eigenvalue weighted by Crippen LogP contribution is 2.27. The third-order valence-corrected chi connectivity index (χ3v) is 5.57. The fourth-order valence-corrected chi connectivity index (χ4v) is 3.98. The number of halogens is 3. The van der Waals surface area contributed by atoms with Crippen molar-refractivity contribution in [1.82, 2.24) is 14.9 Å². The molecule has 31 heavy (non-hydrogen) atoms. The van der Waals surface area contributed by atoms with Gasteiger partial charge in [0, 0.05) is 42.8 Å². The summed E-state index contributed by atoms with van der Waals surface area (Å²) in [6.45, 7) is 3.63. The van der Waals surface area contributed by atoms with Gasteiger partial charge in [0.1, 0.15) is 23.7 Å². The van der Waals surface area contributed by atoms with E-state index >= 15 is 0 Å². The smallest absolute Gasteiger partial charge is 0.255 e. The Hall–Kier alpha value is -2.90. The maximum atomic E-state index is 13.4. The molecule has 2 aromatic carbocycles. The minimum absolute atomic E-state index is 0.0736. The second-order valence-electron chi connectivity index (χ2n) is 7.19. The van der Waals surface area contributed by atoms with E-state index in [-0.39, 0.29) is 17.8 Å². The van der Waals surface area contributed by atoms with E-state index in [4.69, 9.17) is 27.9 Å². The summed E-state index contributed by atoms with van der Waals surface area (Å²) in [5.74, 6) is 0.821. The lowest BCUT2D eigenvalue weighted by Crippen LogP contribution is -2.54. The van der Waals surface area contributed by atoms with Crippen LogP contribution in [0.1, 0.15) is 17.3 Å². The molecule has 0 aliphatic carbocycles. The van der Waals surface area contributed by atoms with Crippen molar-refractivity contribution in [1.29, 1.82) is 0 Å². The van der Waals surface area contributed by atoms with Gasteiger partial charge >= 0.3 is 0 Å². The number of carbonyl (C=O) groups excluding carboxylic acids is 1. The van der Waals surface area contributed by atoms with Crippen LogP contribution in [0.4, 0.5) is 10.2 Å². The molecule has 1 aliphatic heterocycles. The number of carbonyl (C=O) groups is 1. The van der Waals surface area contributed by atoms with Crippen LogP contribution in [0.5, 0.6) is 11.6 Å². The number of nitrogens with zero attached hydrogens (tertiary/aromatic N) is 4. The number of hydrogen-bond donors (Lipinski definition) is 0. The lowest BCUT2D eigenvalue weighted by Gasteiger charge is -2.40. The van der Waals surface area contributed by atoms with Crippen molar-refractivity contribution < 1.29 is 13.9 Å². The number of hydrogen-bond acceptors (Lipinski definition) is 5. The van der Waals surface area contributed by atoms with Crippen LogP contribution in [0.15, 0.2) is 54.9 Å². The van der Waals surface area contributed by atoms with Crippen LogP contribution < -0.4 is 9.64 Å². The van der Waals surface area contributed by atoms with E-state index in [9.17, 15) is 9.18 Å². The standard InChI is InChI=1S/C22H19Cl2FN4O2/c1-14-12-28(7-8-29(14)22(30)18-6-5-15(23)9-19(18)24)20-11-21(27-13-26-20)31-17-4-2-3-16(25)10-17/h2-6,9-11,13-14H,7-8,12H2,1H3. The predicted octanol–water partition coefficient (Wildman–Crippen LogP) is 5.07. The Kier molecular flexibility index (Phi) is 6.25. The van der Waals surface area contributed by atoms with E-state index in [0.29, 0.717) is 52.7 Å². The lowest BCUT2D eigenvalue weighted by molar-refractivity contribution is 0.0674. The molecule has 1 aliphatic rings. The van der Waals surface area contributed by atoms with Crippen molar-refractivity contribution in [3.63, 3.8) is 0 Å². The number of piperazine rings is 1. The molecule has 1 fully saturated rings. The zero-order chi connectivity index (χ0) is 22.0. The van der Waals surface area contributed by atoms with Crippen LogP contribution in [0, 0.1) is 5.82 Å². The Morgan fingerprint density at radius 1 is 1.13 bits per heavy atom. The van der Waals surface area contributed by atoms with Gasteiger partial charge in [0.2, 0.25) is 5.88 Å². The summed E-state index contributed by atoms with van der Waals surface area (Å²) >= 11 is 12.2. The average molecular weight is 461 g/mol. The quantitative estimate of drug-likeness (QED) is 0.544. The van der Waals surface area contributed by atoms with E-state index < -0.39 is 0 Å². The molecule has 0 bridgehead atoms. The van der Waals surface area contributed by atoms with E-state index in [1.54, 1.807) is 41.3 Å². The molecule has 1 atom stereocenters. The SMILES string of the molecule is CC1CN(c2cc(Oc3cccc(F)c3)ncn2)CCN1C(=O)c1ccc(Cl)cc1Cl. The average Bonchev–Trinajstić information content (AvgIpc) is 2.73. The van der Waals surface area contributed by atoms with Gasteiger partial charge in [0.05, 0.1) is 10.6 Å². The van der Waals surface area contributed by atoms with Crippen molar-refractivity contribution >= 4 is 34.9 Å². The molecule has 9 heteroatoms. The van der Waals surface area contributed by atoms with Crippen molar-refractivity contribution in [2.24, 2.45) is 0 Å². The maximum Gasteiger partial charge on any atom is 0.255 e. The van der Waals surface area contributed by atoms with Gasteiger partial charge in [-0.3, -0.25) is 4.79 Å².